The van der Waals surface area contributed by atoms with E-state index in [4.69, 9.17) is 0 Å². The fourth-order valence-corrected chi connectivity index (χ4v) is 6.90. The van der Waals surface area contributed by atoms with Crippen molar-refractivity contribution < 1.29 is 20.1 Å². The minimum Gasteiger partial charge on any atom is -0.394 e. The summed E-state index contributed by atoms with van der Waals surface area (Å²) in [5.41, 5.74) is 0. The number of aliphatic hydroxyl groups excluding tert-OH is 3. The monoisotopic (exact) mass is 694 g/mol. The number of nitrogens with one attached hydrogen (secondary N) is 1. The maximum Gasteiger partial charge on any atom is 0.220 e. The predicted octanol–water partition coefficient (Wildman–Crippen LogP) is 12.4. The van der Waals surface area contributed by atoms with Gasteiger partial charge < -0.3 is 20.6 Å². The fourth-order valence-electron chi connectivity index (χ4n) is 6.90. The van der Waals surface area contributed by atoms with E-state index in [1.54, 1.807) is 6.08 Å². The summed E-state index contributed by atoms with van der Waals surface area (Å²) in [5.74, 6) is -0.124. The van der Waals surface area contributed by atoms with Gasteiger partial charge in [0, 0.05) is 6.42 Å². The molecule has 0 aromatic carbocycles. The lowest BCUT2D eigenvalue weighted by Crippen LogP contribution is -2.45. The zero-order valence-electron chi connectivity index (χ0n) is 33.1. The van der Waals surface area contributed by atoms with E-state index >= 15 is 0 Å². The molecule has 3 atom stereocenters. The topological polar surface area (TPSA) is 89.8 Å². The number of unbranched alkanes of at least 4 members (excludes halogenated alkanes) is 31. The van der Waals surface area contributed by atoms with Crippen molar-refractivity contribution in [3.8, 4) is 0 Å². The molecule has 5 nitrogen and oxygen atoms in total. The second kappa shape index (κ2) is 39.9. The van der Waals surface area contributed by atoms with Gasteiger partial charge in [0.2, 0.25) is 5.91 Å². The molecule has 0 heterocycles. The number of amides is 1. The average Bonchev–Trinajstić information content (AvgIpc) is 3.10. The van der Waals surface area contributed by atoms with E-state index in [0.29, 0.717) is 12.8 Å². The van der Waals surface area contributed by atoms with Gasteiger partial charge in [-0.05, 0) is 12.8 Å². The molecular formula is C44H87NO4. The Bertz CT molecular complexity index is 684. The van der Waals surface area contributed by atoms with Gasteiger partial charge in [-0.3, -0.25) is 4.79 Å². The molecule has 0 aliphatic rings. The lowest BCUT2D eigenvalue weighted by molar-refractivity contribution is -0.123. The molecule has 49 heavy (non-hydrogen) atoms. The van der Waals surface area contributed by atoms with Crippen molar-refractivity contribution in [1.82, 2.24) is 5.32 Å². The molecule has 0 fully saturated rings. The van der Waals surface area contributed by atoms with E-state index < -0.39 is 18.2 Å². The van der Waals surface area contributed by atoms with Gasteiger partial charge in [0.15, 0.2) is 0 Å². The van der Waals surface area contributed by atoms with E-state index in [0.717, 1.165) is 32.1 Å². The summed E-state index contributed by atoms with van der Waals surface area (Å²) in [6, 6.07) is -0.738. The molecule has 0 aliphatic heterocycles. The highest BCUT2D eigenvalue weighted by Gasteiger charge is 2.18. The summed E-state index contributed by atoms with van der Waals surface area (Å²) < 4.78 is 0. The van der Waals surface area contributed by atoms with E-state index in [1.165, 1.54) is 186 Å². The van der Waals surface area contributed by atoms with Crippen LogP contribution in [0.2, 0.25) is 0 Å². The number of hydrogen-bond acceptors (Lipinski definition) is 4. The Morgan fingerprint density at radius 3 is 1.10 bits per heavy atom. The van der Waals surface area contributed by atoms with Crippen molar-refractivity contribution in [1.29, 1.82) is 0 Å². The van der Waals surface area contributed by atoms with Crippen molar-refractivity contribution >= 4 is 5.91 Å². The van der Waals surface area contributed by atoms with Crippen LogP contribution in [-0.4, -0.2) is 46.1 Å². The fraction of sp³-hybridized carbons (Fsp3) is 0.932. The highest BCUT2D eigenvalue weighted by molar-refractivity contribution is 5.76. The minimum atomic E-state index is -1.01. The molecule has 1 amide bonds. The van der Waals surface area contributed by atoms with Gasteiger partial charge >= 0.3 is 0 Å². The first-order chi connectivity index (χ1) is 24.0. The quantitative estimate of drug-likeness (QED) is 0.0380. The van der Waals surface area contributed by atoms with E-state index in [1.807, 2.05) is 0 Å². The first-order valence-corrected chi connectivity index (χ1v) is 22.0. The van der Waals surface area contributed by atoms with Gasteiger partial charge in [0.25, 0.3) is 0 Å². The van der Waals surface area contributed by atoms with Crippen molar-refractivity contribution in [3.05, 3.63) is 12.2 Å². The average molecular weight is 694 g/mol. The van der Waals surface area contributed by atoms with Crippen LogP contribution in [0.1, 0.15) is 239 Å². The van der Waals surface area contributed by atoms with Crippen LogP contribution in [0.3, 0.4) is 0 Å². The molecule has 0 saturated heterocycles. The molecule has 5 heteroatoms. The largest absolute Gasteiger partial charge is 0.394 e. The molecule has 0 rings (SSSR count). The molecule has 3 unspecified atom stereocenters. The van der Waals surface area contributed by atoms with Crippen LogP contribution < -0.4 is 5.32 Å². The van der Waals surface area contributed by atoms with Crippen LogP contribution in [0.15, 0.2) is 12.2 Å². The van der Waals surface area contributed by atoms with E-state index in [-0.39, 0.29) is 12.5 Å². The first-order valence-electron chi connectivity index (χ1n) is 22.0. The van der Waals surface area contributed by atoms with Crippen LogP contribution in [0.25, 0.3) is 0 Å². The van der Waals surface area contributed by atoms with Gasteiger partial charge in [0.05, 0.1) is 24.9 Å². The molecular weight excluding hydrogens is 606 g/mol. The Balaban J connectivity index is 3.57. The Labute approximate surface area is 306 Å². The molecule has 4 N–H and O–H groups in total. The third-order valence-corrected chi connectivity index (χ3v) is 10.3. The standard InChI is InChI=1S/C44H87NO4/c1-3-5-7-9-11-13-15-16-17-18-19-20-21-22-23-24-25-26-27-29-31-33-35-37-44(49)45-42(40-46)43(48)39-38-41(47)36-34-32-30-28-14-12-10-8-6-4-2/h38-39,41-43,46-48H,3-37,40H2,1-2H3,(H,45,49)/b39-38+. The Morgan fingerprint density at radius 1 is 0.469 bits per heavy atom. The van der Waals surface area contributed by atoms with Crippen LogP contribution in [0.5, 0.6) is 0 Å². The van der Waals surface area contributed by atoms with Crippen LogP contribution >= 0.6 is 0 Å². The highest BCUT2D eigenvalue weighted by Crippen LogP contribution is 2.16. The zero-order valence-corrected chi connectivity index (χ0v) is 33.1. The van der Waals surface area contributed by atoms with Crippen molar-refractivity contribution in [2.45, 2.75) is 257 Å². The summed E-state index contributed by atoms with van der Waals surface area (Å²) in [6.45, 7) is 4.21. The van der Waals surface area contributed by atoms with Gasteiger partial charge in [-0.2, -0.15) is 0 Å². The van der Waals surface area contributed by atoms with Gasteiger partial charge in [-0.1, -0.05) is 231 Å². The highest BCUT2D eigenvalue weighted by atomic mass is 16.3. The summed E-state index contributed by atoms with van der Waals surface area (Å²) in [6.07, 6.45) is 46.3. The van der Waals surface area contributed by atoms with Gasteiger partial charge in [-0.15, -0.1) is 0 Å². The second-order valence-corrected chi connectivity index (χ2v) is 15.3. The Morgan fingerprint density at radius 2 is 0.776 bits per heavy atom. The molecule has 292 valence electrons. The molecule has 0 bridgehead atoms. The van der Waals surface area contributed by atoms with E-state index in [2.05, 4.69) is 19.2 Å². The molecule has 0 radical (unpaired) electrons. The lowest BCUT2D eigenvalue weighted by atomic mass is 10.0. The van der Waals surface area contributed by atoms with Crippen LogP contribution in [0.4, 0.5) is 0 Å². The normalized spacial score (nSPS) is 13.7. The molecule has 0 saturated carbocycles. The number of hydrogen-bond donors (Lipinski definition) is 4. The maximum absolute atomic E-state index is 12.4. The summed E-state index contributed by atoms with van der Waals surface area (Å²) in [5, 5.41) is 33.2. The SMILES string of the molecule is CCCCCCCCCCCCCCCCCCCCCCCCCC(=O)NC(CO)C(O)/C=C/C(O)CCCCCCCCCCCC. The zero-order chi connectivity index (χ0) is 35.9. The lowest BCUT2D eigenvalue weighted by Gasteiger charge is -2.20. The van der Waals surface area contributed by atoms with Crippen molar-refractivity contribution in [2.24, 2.45) is 0 Å². The molecule has 0 aliphatic carbocycles. The minimum absolute atomic E-state index is 0.124. The smallest absolute Gasteiger partial charge is 0.220 e. The number of aliphatic hydroxyl groups is 3. The predicted molar refractivity (Wildman–Crippen MR) is 213 cm³/mol. The second-order valence-electron chi connectivity index (χ2n) is 15.3. The van der Waals surface area contributed by atoms with Crippen LogP contribution in [0, 0.1) is 0 Å². The number of carbonyl (C=O) groups excluding carboxylic acids is 1. The third-order valence-electron chi connectivity index (χ3n) is 10.3. The van der Waals surface area contributed by atoms with Crippen LogP contribution in [-0.2, 0) is 4.79 Å². The summed E-state index contributed by atoms with van der Waals surface area (Å²) in [4.78, 5) is 12.4. The first kappa shape index (κ1) is 48.1. The van der Waals surface area contributed by atoms with Gasteiger partial charge in [-0.25, -0.2) is 0 Å². The summed E-state index contributed by atoms with van der Waals surface area (Å²) >= 11 is 0. The third kappa shape index (κ3) is 36.7. The molecule has 0 aromatic rings. The Kier molecular flexibility index (Phi) is 39.1. The maximum atomic E-state index is 12.4. The summed E-state index contributed by atoms with van der Waals surface area (Å²) in [7, 11) is 0. The van der Waals surface area contributed by atoms with Crippen molar-refractivity contribution in [2.75, 3.05) is 6.61 Å². The van der Waals surface area contributed by atoms with Gasteiger partial charge in [0.1, 0.15) is 0 Å². The van der Waals surface area contributed by atoms with Crippen molar-refractivity contribution in [3.63, 3.8) is 0 Å². The Hall–Kier alpha value is -0.910. The molecule has 0 spiro atoms. The van der Waals surface area contributed by atoms with E-state index in [9.17, 15) is 20.1 Å². The molecule has 0 aromatic heterocycles. The number of carbonyl (C=O) groups is 1. The number of rotatable bonds is 40.